The van der Waals surface area contributed by atoms with Gasteiger partial charge in [-0.2, -0.15) is 0 Å². The maximum Gasteiger partial charge on any atom is 0.261 e. The SMILES string of the molecule is C=CCn1c(SCc2nc3ccccc3c(=O)n2CC(N)=O)nnc1C1CCCCC1. The van der Waals surface area contributed by atoms with Gasteiger partial charge in [-0.3, -0.25) is 14.2 Å². The number of nitrogens with zero attached hydrogens (tertiary/aromatic N) is 5. The third-order valence-electron chi connectivity index (χ3n) is 5.61. The Labute approximate surface area is 184 Å². The van der Waals surface area contributed by atoms with Crippen molar-refractivity contribution in [2.45, 2.75) is 62.0 Å². The molecule has 1 fully saturated rings. The van der Waals surface area contributed by atoms with E-state index in [4.69, 9.17) is 5.73 Å². The Balaban J connectivity index is 1.66. The second-order valence-electron chi connectivity index (χ2n) is 7.77. The quantitative estimate of drug-likeness (QED) is 0.428. The fourth-order valence-corrected chi connectivity index (χ4v) is 5.04. The Morgan fingerprint density at radius 2 is 1.97 bits per heavy atom. The van der Waals surface area contributed by atoms with Gasteiger partial charge in [-0.05, 0) is 25.0 Å². The number of carbonyl (C=O) groups is 1. The summed E-state index contributed by atoms with van der Waals surface area (Å²) in [6, 6.07) is 7.11. The summed E-state index contributed by atoms with van der Waals surface area (Å²) < 4.78 is 3.46. The molecule has 0 aliphatic heterocycles. The van der Waals surface area contributed by atoms with Crippen LogP contribution in [0.25, 0.3) is 10.9 Å². The maximum absolute atomic E-state index is 12.9. The van der Waals surface area contributed by atoms with Crippen LogP contribution in [0.4, 0.5) is 0 Å². The van der Waals surface area contributed by atoms with Gasteiger partial charge in [-0.1, -0.05) is 49.2 Å². The van der Waals surface area contributed by atoms with Crippen LogP contribution in [0.1, 0.15) is 49.7 Å². The molecular formula is C22H26N6O2S. The van der Waals surface area contributed by atoms with Crippen molar-refractivity contribution >= 4 is 28.6 Å². The van der Waals surface area contributed by atoms with Crippen LogP contribution in [0.15, 0.2) is 46.9 Å². The van der Waals surface area contributed by atoms with Gasteiger partial charge in [0, 0.05) is 12.5 Å². The molecule has 1 aliphatic rings. The third-order valence-corrected chi connectivity index (χ3v) is 6.58. The first-order chi connectivity index (χ1) is 15.1. The number of fused-ring (bicyclic) bond motifs is 1. The van der Waals surface area contributed by atoms with Crippen molar-refractivity contribution in [2.75, 3.05) is 0 Å². The smallest absolute Gasteiger partial charge is 0.261 e. The van der Waals surface area contributed by atoms with E-state index in [0.717, 1.165) is 23.8 Å². The van der Waals surface area contributed by atoms with Crippen LogP contribution in [0.2, 0.25) is 0 Å². The lowest BCUT2D eigenvalue weighted by Gasteiger charge is -2.21. The number of thioether (sulfide) groups is 1. The molecule has 2 N–H and O–H groups in total. The predicted octanol–water partition coefficient (Wildman–Crippen LogP) is 3.00. The fourth-order valence-electron chi connectivity index (χ4n) is 4.14. The summed E-state index contributed by atoms with van der Waals surface area (Å²) in [5.41, 5.74) is 5.72. The normalized spacial score (nSPS) is 14.7. The van der Waals surface area contributed by atoms with Gasteiger partial charge in [-0.25, -0.2) is 4.98 Å². The van der Waals surface area contributed by atoms with E-state index in [1.54, 1.807) is 18.2 Å². The molecule has 162 valence electrons. The van der Waals surface area contributed by atoms with Crippen molar-refractivity contribution in [1.29, 1.82) is 0 Å². The van der Waals surface area contributed by atoms with E-state index in [0.29, 0.717) is 34.9 Å². The number of allylic oxidation sites excluding steroid dienone is 1. The van der Waals surface area contributed by atoms with Crippen LogP contribution < -0.4 is 11.3 Å². The second kappa shape index (κ2) is 9.47. The van der Waals surface area contributed by atoms with E-state index in [2.05, 4.69) is 26.3 Å². The largest absolute Gasteiger partial charge is 0.368 e. The van der Waals surface area contributed by atoms with Crippen LogP contribution in [-0.4, -0.2) is 30.2 Å². The average molecular weight is 439 g/mol. The number of para-hydroxylation sites is 1. The van der Waals surface area contributed by atoms with E-state index in [1.807, 2.05) is 12.1 Å². The molecule has 1 aromatic carbocycles. The summed E-state index contributed by atoms with van der Waals surface area (Å²) in [4.78, 5) is 29.2. The number of rotatable bonds is 8. The Bertz CT molecular complexity index is 1160. The Morgan fingerprint density at radius 3 is 2.71 bits per heavy atom. The topological polar surface area (TPSA) is 109 Å². The van der Waals surface area contributed by atoms with Crippen molar-refractivity contribution in [1.82, 2.24) is 24.3 Å². The van der Waals surface area contributed by atoms with Gasteiger partial charge < -0.3 is 10.3 Å². The van der Waals surface area contributed by atoms with Gasteiger partial charge in [0.15, 0.2) is 5.16 Å². The molecule has 9 heteroatoms. The van der Waals surface area contributed by atoms with Crippen LogP contribution in [-0.2, 0) is 23.6 Å². The molecule has 0 radical (unpaired) electrons. The minimum Gasteiger partial charge on any atom is -0.368 e. The summed E-state index contributed by atoms with van der Waals surface area (Å²) in [7, 11) is 0. The van der Waals surface area contributed by atoms with Gasteiger partial charge in [0.05, 0.1) is 16.7 Å². The molecule has 0 bridgehead atoms. The van der Waals surface area contributed by atoms with E-state index >= 15 is 0 Å². The average Bonchev–Trinajstić information content (AvgIpc) is 3.18. The molecule has 0 spiro atoms. The zero-order chi connectivity index (χ0) is 21.8. The molecule has 1 amide bonds. The number of primary amides is 1. The highest BCUT2D eigenvalue weighted by molar-refractivity contribution is 7.98. The monoisotopic (exact) mass is 438 g/mol. The molecule has 2 heterocycles. The number of amides is 1. The Kier molecular flexibility index (Phi) is 6.50. The van der Waals surface area contributed by atoms with Gasteiger partial charge in [0.1, 0.15) is 18.2 Å². The standard InChI is InChI=1S/C22H26N6O2S/c1-2-12-27-20(15-8-4-3-5-9-15)25-26-22(27)31-14-19-24-17-11-7-6-10-16(17)21(30)28(19)13-18(23)29/h2,6-7,10-11,15H,1,3-5,8-9,12-14H2,(H2,23,29). The molecule has 0 unspecified atom stereocenters. The maximum atomic E-state index is 12.9. The molecule has 3 aromatic rings. The summed E-state index contributed by atoms with van der Waals surface area (Å²) in [5, 5.41) is 10.1. The van der Waals surface area contributed by atoms with Crippen molar-refractivity contribution < 1.29 is 4.79 Å². The number of nitrogens with two attached hydrogens (primary N) is 1. The molecule has 1 aliphatic carbocycles. The minimum absolute atomic E-state index is 0.209. The number of hydrogen-bond donors (Lipinski definition) is 1. The number of aromatic nitrogens is 5. The van der Waals surface area contributed by atoms with Crippen LogP contribution in [0.3, 0.4) is 0 Å². The van der Waals surface area contributed by atoms with E-state index in [-0.39, 0.29) is 12.1 Å². The zero-order valence-electron chi connectivity index (χ0n) is 17.4. The first-order valence-corrected chi connectivity index (χ1v) is 11.5. The summed E-state index contributed by atoms with van der Waals surface area (Å²) in [5.74, 6) is 1.69. The summed E-state index contributed by atoms with van der Waals surface area (Å²) in [6.45, 7) is 4.30. The highest BCUT2D eigenvalue weighted by atomic mass is 32.2. The van der Waals surface area contributed by atoms with Crippen molar-refractivity contribution in [3.8, 4) is 0 Å². The van der Waals surface area contributed by atoms with Crippen LogP contribution >= 0.6 is 11.8 Å². The van der Waals surface area contributed by atoms with Gasteiger partial charge >= 0.3 is 0 Å². The molecule has 1 saturated carbocycles. The number of hydrogen-bond acceptors (Lipinski definition) is 6. The van der Waals surface area contributed by atoms with Crippen LogP contribution in [0, 0.1) is 0 Å². The molecule has 31 heavy (non-hydrogen) atoms. The second-order valence-corrected chi connectivity index (χ2v) is 8.71. The summed E-state index contributed by atoms with van der Waals surface area (Å²) >= 11 is 1.45. The van der Waals surface area contributed by atoms with Gasteiger partial charge in [-0.15, -0.1) is 16.8 Å². The Morgan fingerprint density at radius 1 is 1.19 bits per heavy atom. The predicted molar refractivity (Wildman–Crippen MR) is 121 cm³/mol. The lowest BCUT2D eigenvalue weighted by atomic mass is 9.89. The molecule has 2 aromatic heterocycles. The summed E-state index contributed by atoms with van der Waals surface area (Å²) in [6.07, 6.45) is 7.81. The lowest BCUT2D eigenvalue weighted by molar-refractivity contribution is -0.118. The van der Waals surface area contributed by atoms with E-state index in [1.165, 1.54) is 35.6 Å². The first kappa shape index (κ1) is 21.3. The highest BCUT2D eigenvalue weighted by Gasteiger charge is 2.23. The van der Waals surface area contributed by atoms with Gasteiger partial charge in [0.25, 0.3) is 5.56 Å². The Hall–Kier alpha value is -2.94. The van der Waals surface area contributed by atoms with Crippen molar-refractivity contribution in [3.05, 3.63) is 58.9 Å². The highest BCUT2D eigenvalue weighted by Crippen LogP contribution is 2.33. The van der Waals surface area contributed by atoms with E-state index < -0.39 is 5.91 Å². The first-order valence-electron chi connectivity index (χ1n) is 10.5. The van der Waals surface area contributed by atoms with Gasteiger partial charge in [0.2, 0.25) is 5.91 Å². The number of carbonyl (C=O) groups excluding carboxylic acids is 1. The molecule has 0 atom stereocenters. The molecular weight excluding hydrogens is 412 g/mol. The van der Waals surface area contributed by atoms with Crippen molar-refractivity contribution in [3.63, 3.8) is 0 Å². The number of benzene rings is 1. The third kappa shape index (κ3) is 4.56. The van der Waals surface area contributed by atoms with Crippen LogP contribution in [0.5, 0.6) is 0 Å². The minimum atomic E-state index is -0.583. The molecule has 8 nitrogen and oxygen atoms in total. The van der Waals surface area contributed by atoms with Crippen molar-refractivity contribution in [2.24, 2.45) is 5.73 Å². The fraction of sp³-hybridized carbons (Fsp3) is 0.409. The molecule has 0 saturated heterocycles. The zero-order valence-corrected chi connectivity index (χ0v) is 18.2. The lowest BCUT2D eigenvalue weighted by Crippen LogP contribution is -2.31. The molecule has 4 rings (SSSR count). The van der Waals surface area contributed by atoms with E-state index in [9.17, 15) is 9.59 Å².